The Bertz CT molecular complexity index is 1350. The Kier molecular flexibility index (Phi) is 7.84. The maximum atomic E-state index is 13.1. The van der Waals surface area contributed by atoms with Gasteiger partial charge in [-0.05, 0) is 73.9 Å². The molecular weight excluding hydrogens is 452 g/mol. The molecule has 0 fully saturated rings. The first-order valence-corrected chi connectivity index (χ1v) is 12.7. The van der Waals surface area contributed by atoms with Crippen LogP contribution in [0.25, 0.3) is 10.9 Å². The summed E-state index contributed by atoms with van der Waals surface area (Å²) in [6.07, 6.45) is 1.69. The van der Waals surface area contributed by atoms with Crippen LogP contribution in [0, 0.1) is 0 Å². The Balaban J connectivity index is 1.76. The van der Waals surface area contributed by atoms with Crippen LogP contribution in [0.4, 0.5) is 0 Å². The number of pyridine rings is 1. The fourth-order valence-corrected chi connectivity index (χ4v) is 4.50. The minimum Gasteiger partial charge on any atom is -0.494 e. The van der Waals surface area contributed by atoms with E-state index in [-0.39, 0.29) is 17.1 Å². The first-order valence-electron chi connectivity index (χ1n) is 12.7. The fourth-order valence-electron chi connectivity index (χ4n) is 4.50. The van der Waals surface area contributed by atoms with Crippen LogP contribution in [0.2, 0.25) is 0 Å². The minimum absolute atomic E-state index is 0.0733. The van der Waals surface area contributed by atoms with Crippen LogP contribution >= 0.6 is 0 Å². The van der Waals surface area contributed by atoms with E-state index in [4.69, 9.17) is 4.74 Å². The van der Waals surface area contributed by atoms with Crippen molar-refractivity contribution in [1.82, 2.24) is 30.1 Å². The lowest BCUT2D eigenvalue weighted by Gasteiger charge is -2.33. The number of hydrogen-bond acceptors (Lipinski definition) is 6. The molecule has 36 heavy (non-hydrogen) atoms. The van der Waals surface area contributed by atoms with E-state index in [1.54, 1.807) is 0 Å². The lowest BCUT2D eigenvalue weighted by atomic mass is 10.0. The number of fused-ring (bicyclic) bond motifs is 1. The highest BCUT2D eigenvalue weighted by Gasteiger charge is 2.31. The molecule has 2 heterocycles. The highest BCUT2D eigenvalue weighted by molar-refractivity contribution is 5.80. The molecule has 8 heteroatoms. The molecule has 4 aromatic rings. The normalized spacial score (nSPS) is 12.8. The summed E-state index contributed by atoms with van der Waals surface area (Å²) in [6.45, 7) is 12.2. The molecule has 0 saturated heterocycles. The van der Waals surface area contributed by atoms with Crippen molar-refractivity contribution < 1.29 is 4.74 Å². The van der Waals surface area contributed by atoms with E-state index >= 15 is 0 Å². The summed E-state index contributed by atoms with van der Waals surface area (Å²) < 4.78 is 7.62. The van der Waals surface area contributed by atoms with E-state index in [0.717, 1.165) is 35.3 Å². The number of hydrogen-bond donors (Lipinski definition) is 1. The van der Waals surface area contributed by atoms with Gasteiger partial charge in [-0.2, -0.15) is 0 Å². The van der Waals surface area contributed by atoms with Crippen molar-refractivity contribution in [2.24, 2.45) is 0 Å². The van der Waals surface area contributed by atoms with Crippen LogP contribution in [0.3, 0.4) is 0 Å². The van der Waals surface area contributed by atoms with Crippen molar-refractivity contribution in [3.8, 4) is 5.75 Å². The zero-order valence-corrected chi connectivity index (χ0v) is 21.9. The molecule has 1 N–H and O–H groups in total. The Morgan fingerprint density at radius 1 is 1.06 bits per heavy atom. The average molecular weight is 489 g/mol. The summed E-state index contributed by atoms with van der Waals surface area (Å²) in [4.78, 5) is 18.5. The van der Waals surface area contributed by atoms with Gasteiger partial charge in [0.2, 0.25) is 0 Å². The molecule has 0 saturated carbocycles. The summed E-state index contributed by atoms with van der Waals surface area (Å²) in [5, 5.41) is 13.8. The Morgan fingerprint density at radius 2 is 1.83 bits per heavy atom. The molecule has 4 rings (SSSR count). The van der Waals surface area contributed by atoms with E-state index in [1.165, 1.54) is 5.56 Å². The molecule has 190 valence electrons. The van der Waals surface area contributed by atoms with E-state index in [1.807, 2.05) is 54.1 Å². The standard InChI is InChI=1S/C28H36N6O2/c1-6-25(26-30-31-32-34(26)28(4,5)7-2)33(18-20-12-10-9-11-13-20)19-22-16-21-17-23(36-8-3)14-15-24(21)29-27(22)35/h9-17,25H,6-8,18-19H2,1-5H3,(H,29,35). The predicted octanol–water partition coefficient (Wildman–Crippen LogP) is 5.21. The number of H-pyrrole nitrogens is 1. The number of tetrazole rings is 1. The maximum absolute atomic E-state index is 13.1. The van der Waals surface area contributed by atoms with Crippen LogP contribution < -0.4 is 10.3 Å². The van der Waals surface area contributed by atoms with E-state index < -0.39 is 0 Å². The SMILES string of the molecule is CCOc1ccc2[nH]c(=O)c(CN(Cc3ccccc3)C(CC)c3nnnn3C(C)(C)CC)cc2c1. The maximum Gasteiger partial charge on any atom is 0.252 e. The molecule has 1 unspecified atom stereocenters. The summed E-state index contributed by atoms with van der Waals surface area (Å²) in [6, 6.07) is 18.0. The third-order valence-electron chi connectivity index (χ3n) is 6.86. The largest absolute Gasteiger partial charge is 0.494 e. The van der Waals surface area contributed by atoms with Crippen molar-refractivity contribution in [3.05, 3.63) is 81.9 Å². The van der Waals surface area contributed by atoms with E-state index in [9.17, 15) is 4.79 Å². The first kappa shape index (κ1) is 25.6. The topological polar surface area (TPSA) is 88.9 Å². The van der Waals surface area contributed by atoms with Gasteiger partial charge in [-0.1, -0.05) is 44.2 Å². The van der Waals surface area contributed by atoms with Crippen molar-refractivity contribution >= 4 is 10.9 Å². The fraction of sp³-hybridized carbons (Fsp3) is 0.429. The van der Waals surface area contributed by atoms with E-state index in [2.05, 4.69) is 65.2 Å². The monoisotopic (exact) mass is 488 g/mol. The summed E-state index contributed by atoms with van der Waals surface area (Å²) in [5.74, 6) is 1.60. The lowest BCUT2D eigenvalue weighted by molar-refractivity contribution is 0.150. The van der Waals surface area contributed by atoms with Crippen molar-refractivity contribution in [2.45, 2.75) is 72.1 Å². The molecule has 2 aromatic carbocycles. The quantitative estimate of drug-likeness (QED) is 0.312. The molecule has 0 radical (unpaired) electrons. The van der Waals surface area contributed by atoms with Crippen LogP contribution in [0.5, 0.6) is 5.75 Å². The van der Waals surface area contributed by atoms with Gasteiger partial charge in [-0.15, -0.1) is 5.10 Å². The molecule has 0 aliphatic carbocycles. The van der Waals surface area contributed by atoms with E-state index in [0.29, 0.717) is 25.3 Å². The Morgan fingerprint density at radius 3 is 2.53 bits per heavy atom. The number of benzene rings is 2. The summed E-state index contributed by atoms with van der Waals surface area (Å²) in [5.41, 5.74) is 2.34. The molecule has 0 aliphatic heterocycles. The second kappa shape index (κ2) is 11.0. The molecule has 1 atom stereocenters. The Hall–Kier alpha value is -3.52. The van der Waals surface area contributed by atoms with Gasteiger partial charge in [0.1, 0.15) is 5.75 Å². The van der Waals surface area contributed by atoms with Crippen LogP contribution in [-0.4, -0.2) is 36.7 Å². The summed E-state index contributed by atoms with van der Waals surface area (Å²) >= 11 is 0. The minimum atomic E-state index is -0.221. The first-order chi connectivity index (χ1) is 17.4. The van der Waals surface area contributed by atoms with Crippen LogP contribution in [-0.2, 0) is 18.6 Å². The van der Waals surface area contributed by atoms with Crippen molar-refractivity contribution in [2.75, 3.05) is 6.61 Å². The number of ether oxygens (including phenoxy) is 1. The highest BCUT2D eigenvalue weighted by atomic mass is 16.5. The van der Waals surface area contributed by atoms with Gasteiger partial charge in [0.15, 0.2) is 5.82 Å². The number of aromatic nitrogens is 5. The second-order valence-corrected chi connectivity index (χ2v) is 9.74. The van der Waals surface area contributed by atoms with Crippen LogP contribution in [0.15, 0.2) is 59.4 Å². The average Bonchev–Trinajstić information content (AvgIpc) is 3.36. The number of aromatic amines is 1. The summed E-state index contributed by atoms with van der Waals surface area (Å²) in [7, 11) is 0. The van der Waals surface area contributed by atoms with Gasteiger partial charge in [-0.25, -0.2) is 4.68 Å². The zero-order valence-electron chi connectivity index (χ0n) is 21.9. The van der Waals surface area contributed by atoms with Gasteiger partial charge < -0.3 is 9.72 Å². The van der Waals surface area contributed by atoms with Gasteiger partial charge in [-0.3, -0.25) is 9.69 Å². The third-order valence-corrected chi connectivity index (χ3v) is 6.86. The van der Waals surface area contributed by atoms with Gasteiger partial charge in [0.25, 0.3) is 5.56 Å². The third kappa shape index (κ3) is 5.49. The molecule has 0 bridgehead atoms. The Labute approximate surface area is 212 Å². The molecule has 0 amide bonds. The highest BCUT2D eigenvalue weighted by Crippen LogP contribution is 2.30. The van der Waals surface area contributed by atoms with Gasteiger partial charge in [0.05, 0.1) is 18.2 Å². The number of nitrogens with zero attached hydrogens (tertiary/aromatic N) is 5. The zero-order chi connectivity index (χ0) is 25.7. The number of rotatable bonds is 11. The predicted molar refractivity (Wildman–Crippen MR) is 142 cm³/mol. The van der Waals surface area contributed by atoms with Crippen LogP contribution in [0.1, 0.15) is 70.5 Å². The van der Waals surface area contributed by atoms with Crippen molar-refractivity contribution in [1.29, 1.82) is 0 Å². The lowest BCUT2D eigenvalue weighted by Crippen LogP contribution is -2.36. The second-order valence-electron chi connectivity index (χ2n) is 9.74. The van der Waals surface area contributed by atoms with Crippen molar-refractivity contribution in [3.63, 3.8) is 0 Å². The molecule has 0 spiro atoms. The molecular formula is C28H36N6O2. The van der Waals surface area contributed by atoms with Gasteiger partial charge in [0, 0.05) is 29.6 Å². The smallest absolute Gasteiger partial charge is 0.252 e. The molecule has 2 aromatic heterocycles. The number of nitrogens with one attached hydrogen (secondary N) is 1. The molecule has 0 aliphatic rings. The van der Waals surface area contributed by atoms with Gasteiger partial charge >= 0.3 is 0 Å². The molecule has 8 nitrogen and oxygen atoms in total.